The average Bonchev–Trinajstić information content (AvgIpc) is 3.21. The number of hydrogen-bond donors (Lipinski definition) is 1. The highest BCUT2D eigenvalue weighted by Crippen LogP contribution is 2.33. The summed E-state index contributed by atoms with van der Waals surface area (Å²) in [5.41, 5.74) is 2.49. The van der Waals surface area contributed by atoms with Crippen molar-refractivity contribution in [2.75, 3.05) is 24.8 Å². The summed E-state index contributed by atoms with van der Waals surface area (Å²) in [5.74, 6) is 2.02. The number of nitrogens with zero attached hydrogens (tertiary/aromatic N) is 5. The van der Waals surface area contributed by atoms with E-state index in [2.05, 4.69) is 36.1 Å². The maximum Gasteiger partial charge on any atom is 0.294 e. The summed E-state index contributed by atoms with van der Waals surface area (Å²) in [6.07, 6.45) is 3.19. The lowest BCUT2D eigenvalue weighted by Crippen LogP contribution is -2.04. The van der Waals surface area contributed by atoms with Gasteiger partial charge in [0.15, 0.2) is 5.65 Å². The summed E-state index contributed by atoms with van der Waals surface area (Å²) < 4.78 is 8.53. The minimum Gasteiger partial charge on any atom is -0.494 e. The second-order valence-corrected chi connectivity index (χ2v) is 9.19. The average molecular weight is 559 g/mol. The van der Waals surface area contributed by atoms with Crippen LogP contribution in [0.3, 0.4) is 0 Å². The Kier molecular flexibility index (Phi) is 8.03. The zero-order valence-electron chi connectivity index (χ0n) is 19.1. The minimum atomic E-state index is -0.784. The van der Waals surface area contributed by atoms with Crippen molar-refractivity contribution in [3.8, 4) is 11.4 Å². The summed E-state index contributed by atoms with van der Waals surface area (Å²) in [5, 5.41) is 19.2. The Morgan fingerprint density at radius 2 is 1.80 bits per heavy atom. The Morgan fingerprint density at radius 1 is 1.09 bits per heavy atom. The lowest BCUT2D eigenvalue weighted by Gasteiger charge is -2.10. The number of aromatic nitrogens is 4. The highest BCUT2D eigenvalue weighted by molar-refractivity contribution is 9.10. The molecule has 0 bridgehead atoms. The van der Waals surface area contributed by atoms with Crippen LogP contribution in [0.4, 0.5) is 11.5 Å². The number of hydrogen-bond acceptors (Lipinski definition) is 9. The second kappa shape index (κ2) is 11.4. The van der Waals surface area contributed by atoms with Crippen molar-refractivity contribution < 1.29 is 14.7 Å². The molecule has 0 radical (unpaired) electrons. The molecule has 2 aromatic carbocycles. The monoisotopic (exact) mass is 558 g/mol. The summed E-state index contributed by atoms with van der Waals surface area (Å²) in [6.45, 7) is 2.38. The molecule has 4 rings (SSSR count). The van der Waals surface area contributed by atoms with Gasteiger partial charge in [-0.3, -0.25) is 0 Å². The number of unbranched alkanes of at least 4 members (excludes halogenated alkanes) is 1. The van der Waals surface area contributed by atoms with E-state index in [-0.39, 0.29) is 6.61 Å². The Balaban J connectivity index is 1.51. The van der Waals surface area contributed by atoms with Gasteiger partial charge in [-0.05, 0) is 74.6 Å². The Morgan fingerprint density at radius 3 is 2.49 bits per heavy atom. The van der Waals surface area contributed by atoms with Crippen LogP contribution in [-0.2, 0) is 4.84 Å². The first-order chi connectivity index (χ1) is 16.9. The molecule has 12 heteroatoms. The minimum absolute atomic E-state index is 0.0719. The lowest BCUT2D eigenvalue weighted by molar-refractivity contribution is -0.757. The number of nitrogens with one attached hydrogen (secondary N) is 1. The van der Waals surface area contributed by atoms with Crippen molar-refractivity contribution in [2.45, 2.75) is 24.8 Å². The molecule has 10 nitrogen and oxygen atoms in total. The smallest absolute Gasteiger partial charge is 0.294 e. The van der Waals surface area contributed by atoms with E-state index in [4.69, 9.17) is 9.84 Å². The van der Waals surface area contributed by atoms with Crippen LogP contribution < -0.4 is 10.1 Å². The lowest BCUT2D eigenvalue weighted by atomic mass is 10.3. The normalized spacial score (nSPS) is 10.9. The van der Waals surface area contributed by atoms with Gasteiger partial charge in [0.2, 0.25) is 0 Å². The predicted molar refractivity (Wildman–Crippen MR) is 138 cm³/mol. The van der Waals surface area contributed by atoms with E-state index in [1.54, 1.807) is 0 Å². The summed E-state index contributed by atoms with van der Waals surface area (Å²) in [6, 6.07) is 15.5. The van der Waals surface area contributed by atoms with Gasteiger partial charge in [-0.1, -0.05) is 15.9 Å². The van der Waals surface area contributed by atoms with Crippen LogP contribution in [0.25, 0.3) is 16.7 Å². The van der Waals surface area contributed by atoms with Gasteiger partial charge < -0.3 is 14.9 Å². The van der Waals surface area contributed by atoms with E-state index in [1.807, 2.05) is 66.4 Å². The molecule has 0 amide bonds. The molecule has 0 spiro atoms. The number of benzene rings is 2. The third-order valence-electron chi connectivity index (χ3n) is 4.99. The van der Waals surface area contributed by atoms with Crippen molar-refractivity contribution in [1.29, 1.82) is 0 Å². The van der Waals surface area contributed by atoms with E-state index in [9.17, 15) is 10.1 Å². The zero-order chi connectivity index (χ0) is 24.8. The van der Waals surface area contributed by atoms with Crippen LogP contribution in [0.5, 0.6) is 5.75 Å². The Hall–Kier alpha value is -3.38. The number of thioether (sulfide) groups is 1. The summed E-state index contributed by atoms with van der Waals surface area (Å²) >= 11 is 5.01. The zero-order valence-corrected chi connectivity index (χ0v) is 21.5. The molecule has 0 saturated carbocycles. The van der Waals surface area contributed by atoms with Crippen molar-refractivity contribution in [3.63, 3.8) is 0 Å². The first-order valence-corrected chi connectivity index (χ1v) is 12.8. The van der Waals surface area contributed by atoms with Crippen molar-refractivity contribution in [2.24, 2.45) is 0 Å². The summed E-state index contributed by atoms with van der Waals surface area (Å²) in [4.78, 5) is 23.8. The van der Waals surface area contributed by atoms with E-state index < -0.39 is 5.09 Å². The fourth-order valence-corrected chi connectivity index (χ4v) is 4.22. The SMILES string of the molecule is CSc1nn(-c2ccc(Br)cc2)c2nc(C)nc(Nc3ccc(OCCCCO[N+](=O)[O-])cc3)c12. The first kappa shape index (κ1) is 24.7. The molecule has 0 unspecified atom stereocenters. The molecule has 35 heavy (non-hydrogen) atoms. The first-order valence-electron chi connectivity index (χ1n) is 10.8. The van der Waals surface area contributed by atoms with Gasteiger partial charge in [-0.2, -0.15) is 5.10 Å². The molecular weight excluding hydrogens is 536 g/mol. The molecule has 0 atom stereocenters. The van der Waals surface area contributed by atoms with Gasteiger partial charge in [0, 0.05) is 10.2 Å². The molecule has 182 valence electrons. The molecular formula is C23H23BrN6O4S. The van der Waals surface area contributed by atoms with Gasteiger partial charge >= 0.3 is 0 Å². The third-order valence-corrected chi connectivity index (χ3v) is 6.19. The Labute approximate surface area is 214 Å². The van der Waals surface area contributed by atoms with Gasteiger partial charge in [0.05, 0.1) is 24.3 Å². The van der Waals surface area contributed by atoms with E-state index in [1.165, 1.54) is 11.8 Å². The Bertz CT molecular complexity index is 1310. The molecule has 4 aromatic rings. The van der Waals surface area contributed by atoms with Crippen LogP contribution in [0.2, 0.25) is 0 Å². The molecule has 0 fully saturated rings. The number of fused-ring (bicyclic) bond motifs is 1. The maximum atomic E-state index is 10.2. The number of ether oxygens (including phenoxy) is 1. The third kappa shape index (κ3) is 6.20. The molecule has 2 aromatic heterocycles. The fourth-order valence-electron chi connectivity index (χ4n) is 3.40. The van der Waals surface area contributed by atoms with Gasteiger partial charge in [-0.25, -0.2) is 14.6 Å². The van der Waals surface area contributed by atoms with Crippen LogP contribution in [-0.4, -0.2) is 44.3 Å². The molecule has 0 aliphatic heterocycles. The predicted octanol–water partition coefficient (Wildman–Crippen LogP) is 5.72. The number of aryl methyl sites for hydroxylation is 1. The van der Waals surface area contributed by atoms with Gasteiger partial charge in [-0.15, -0.1) is 21.9 Å². The topological polar surface area (TPSA) is 117 Å². The maximum absolute atomic E-state index is 10.2. The van der Waals surface area contributed by atoms with Gasteiger partial charge in [0.25, 0.3) is 5.09 Å². The standard InChI is InChI=1S/C23H23BrN6O4S/c1-15-25-21(27-17-7-11-19(12-8-17)33-13-3-4-14-34-30(31)32)20-22(26-15)29(28-23(20)35-2)18-9-5-16(24)6-10-18/h5-12H,3-4,13-14H2,1-2H3,(H,25,26,27). The van der Waals surface area contributed by atoms with Crippen LogP contribution in [0, 0.1) is 17.0 Å². The molecule has 0 aliphatic rings. The molecule has 0 saturated heterocycles. The highest BCUT2D eigenvalue weighted by atomic mass is 79.9. The van der Waals surface area contributed by atoms with Gasteiger partial charge in [0.1, 0.15) is 22.4 Å². The second-order valence-electron chi connectivity index (χ2n) is 7.48. The van der Waals surface area contributed by atoms with E-state index >= 15 is 0 Å². The van der Waals surface area contributed by atoms with Crippen molar-refractivity contribution in [3.05, 3.63) is 68.9 Å². The van der Waals surface area contributed by atoms with Crippen LogP contribution in [0.15, 0.2) is 58.0 Å². The van der Waals surface area contributed by atoms with Crippen molar-refractivity contribution >= 4 is 50.2 Å². The largest absolute Gasteiger partial charge is 0.494 e. The van der Waals surface area contributed by atoms with Crippen LogP contribution >= 0.6 is 27.7 Å². The van der Waals surface area contributed by atoms with Crippen LogP contribution in [0.1, 0.15) is 18.7 Å². The molecule has 1 N–H and O–H groups in total. The number of halogens is 1. The van der Waals surface area contributed by atoms with E-state index in [0.29, 0.717) is 36.8 Å². The molecule has 2 heterocycles. The molecule has 0 aliphatic carbocycles. The number of anilines is 2. The van der Waals surface area contributed by atoms with Crippen molar-refractivity contribution in [1.82, 2.24) is 19.7 Å². The number of rotatable bonds is 11. The van der Waals surface area contributed by atoms with E-state index in [0.717, 1.165) is 31.9 Å². The quantitative estimate of drug-likeness (QED) is 0.107. The summed E-state index contributed by atoms with van der Waals surface area (Å²) in [7, 11) is 0. The highest BCUT2D eigenvalue weighted by Gasteiger charge is 2.19. The fraction of sp³-hybridized carbons (Fsp3) is 0.261.